The van der Waals surface area contributed by atoms with Gasteiger partial charge in [0, 0.05) is 29.5 Å². The maximum Gasteiger partial charge on any atom is 0.416 e. The summed E-state index contributed by atoms with van der Waals surface area (Å²) in [5.41, 5.74) is -0.590. The third-order valence-electron chi connectivity index (χ3n) is 3.84. The first-order valence-electron chi connectivity index (χ1n) is 7.32. The summed E-state index contributed by atoms with van der Waals surface area (Å²) in [6.45, 7) is 0.325. The van der Waals surface area contributed by atoms with Gasteiger partial charge in [-0.2, -0.15) is 13.2 Å². The quantitative estimate of drug-likeness (QED) is 0.700. The molecular formula is C17H12F5NOS. The Morgan fingerprint density at radius 1 is 1.08 bits per heavy atom. The smallest absolute Gasteiger partial charge is 0.322 e. The number of carbonyl (C=O) groups is 1. The van der Waals surface area contributed by atoms with E-state index in [0.717, 1.165) is 36.4 Å². The molecular weight excluding hydrogens is 361 g/mol. The van der Waals surface area contributed by atoms with Crippen molar-refractivity contribution in [1.82, 2.24) is 4.90 Å². The number of carbonyl (C=O) groups excluding carboxylic acids is 1. The van der Waals surface area contributed by atoms with Gasteiger partial charge < -0.3 is 4.90 Å². The van der Waals surface area contributed by atoms with Crippen molar-refractivity contribution < 1.29 is 26.7 Å². The van der Waals surface area contributed by atoms with Crippen molar-refractivity contribution in [1.29, 1.82) is 0 Å². The van der Waals surface area contributed by atoms with Gasteiger partial charge in [-0.05, 0) is 30.3 Å². The van der Waals surface area contributed by atoms with E-state index >= 15 is 0 Å². The molecule has 1 aliphatic rings. The largest absolute Gasteiger partial charge is 0.416 e. The van der Waals surface area contributed by atoms with Crippen LogP contribution < -0.4 is 0 Å². The molecule has 1 amide bonds. The fourth-order valence-corrected chi connectivity index (χ4v) is 3.88. The molecule has 0 unspecified atom stereocenters. The van der Waals surface area contributed by atoms with Gasteiger partial charge in [0.05, 0.1) is 5.56 Å². The zero-order chi connectivity index (χ0) is 18.2. The van der Waals surface area contributed by atoms with Crippen molar-refractivity contribution in [3.05, 3.63) is 70.8 Å². The van der Waals surface area contributed by atoms with Gasteiger partial charge in [-0.15, -0.1) is 11.8 Å². The molecule has 2 nitrogen and oxygen atoms in total. The molecule has 0 spiro atoms. The van der Waals surface area contributed by atoms with Crippen LogP contribution in [0.5, 0.6) is 0 Å². The minimum Gasteiger partial charge on any atom is -0.322 e. The summed E-state index contributed by atoms with van der Waals surface area (Å²) in [6, 6.07) is 7.01. The Balaban J connectivity index is 1.86. The molecule has 1 aliphatic heterocycles. The molecule has 0 bridgehead atoms. The molecule has 2 aromatic carbocycles. The van der Waals surface area contributed by atoms with Gasteiger partial charge in [0.1, 0.15) is 17.0 Å². The lowest BCUT2D eigenvalue weighted by atomic mass is 10.1. The van der Waals surface area contributed by atoms with E-state index in [1.54, 1.807) is 0 Å². The molecule has 2 aromatic rings. The van der Waals surface area contributed by atoms with E-state index in [9.17, 15) is 26.7 Å². The maximum atomic E-state index is 14.0. The van der Waals surface area contributed by atoms with E-state index in [4.69, 9.17) is 0 Å². The molecule has 3 rings (SSSR count). The minimum absolute atomic E-state index is 0.0861. The van der Waals surface area contributed by atoms with Crippen LogP contribution in [0, 0.1) is 11.6 Å². The average molecular weight is 373 g/mol. The number of amides is 1. The number of alkyl halides is 3. The Morgan fingerprint density at radius 3 is 2.36 bits per heavy atom. The van der Waals surface area contributed by atoms with Gasteiger partial charge in [0.15, 0.2) is 0 Å². The predicted molar refractivity (Wildman–Crippen MR) is 84.0 cm³/mol. The number of hydrogen-bond acceptors (Lipinski definition) is 2. The molecule has 0 aliphatic carbocycles. The van der Waals surface area contributed by atoms with Crippen LogP contribution in [0.3, 0.4) is 0 Å². The second-order valence-corrected chi connectivity index (χ2v) is 6.65. The lowest BCUT2D eigenvalue weighted by Crippen LogP contribution is -2.30. The number of rotatable bonds is 2. The van der Waals surface area contributed by atoms with Crippen LogP contribution in [-0.4, -0.2) is 23.1 Å². The van der Waals surface area contributed by atoms with Gasteiger partial charge >= 0.3 is 6.18 Å². The molecule has 0 N–H and O–H groups in total. The predicted octanol–water partition coefficient (Wildman–Crippen LogP) is 4.87. The molecule has 1 atom stereocenters. The zero-order valence-corrected chi connectivity index (χ0v) is 13.5. The number of nitrogens with zero attached hydrogens (tertiary/aromatic N) is 1. The number of thioether (sulfide) groups is 1. The second kappa shape index (κ2) is 6.67. The molecule has 1 heterocycles. The van der Waals surface area contributed by atoms with Crippen molar-refractivity contribution in [3.8, 4) is 0 Å². The van der Waals surface area contributed by atoms with Crippen molar-refractivity contribution >= 4 is 17.7 Å². The summed E-state index contributed by atoms with van der Waals surface area (Å²) in [5, 5.41) is -0.643. The first-order chi connectivity index (χ1) is 11.8. The lowest BCUT2D eigenvalue weighted by Gasteiger charge is -2.24. The van der Waals surface area contributed by atoms with E-state index in [1.165, 1.54) is 22.7 Å². The van der Waals surface area contributed by atoms with E-state index < -0.39 is 34.7 Å². The van der Waals surface area contributed by atoms with Gasteiger partial charge in [-0.3, -0.25) is 4.79 Å². The SMILES string of the molecule is O=C(c1ccc(C(F)(F)F)cc1)N1CCS[C@H]1c1ccc(F)cc1F. The first-order valence-corrected chi connectivity index (χ1v) is 8.37. The van der Waals surface area contributed by atoms with Crippen LogP contribution >= 0.6 is 11.8 Å². The normalized spacial score (nSPS) is 17.8. The summed E-state index contributed by atoms with van der Waals surface area (Å²) in [6.07, 6.45) is -4.48. The van der Waals surface area contributed by atoms with Crippen LogP contribution in [0.2, 0.25) is 0 Å². The average Bonchev–Trinajstić information content (AvgIpc) is 3.03. The second-order valence-electron chi connectivity index (χ2n) is 5.46. The Labute approximate surface area is 144 Å². The zero-order valence-electron chi connectivity index (χ0n) is 12.7. The molecule has 1 fully saturated rings. The topological polar surface area (TPSA) is 20.3 Å². The lowest BCUT2D eigenvalue weighted by molar-refractivity contribution is -0.137. The highest BCUT2D eigenvalue weighted by Crippen LogP contribution is 2.40. The number of benzene rings is 2. The van der Waals surface area contributed by atoms with Crippen LogP contribution in [0.15, 0.2) is 42.5 Å². The molecule has 132 valence electrons. The van der Waals surface area contributed by atoms with Gasteiger partial charge in [0.25, 0.3) is 5.91 Å². The van der Waals surface area contributed by atoms with Crippen LogP contribution in [0.1, 0.15) is 26.9 Å². The fourth-order valence-electron chi connectivity index (χ4n) is 2.61. The third-order valence-corrected chi connectivity index (χ3v) is 5.08. The van der Waals surface area contributed by atoms with Gasteiger partial charge in [-0.1, -0.05) is 6.07 Å². The van der Waals surface area contributed by atoms with Crippen LogP contribution in [0.4, 0.5) is 22.0 Å². The van der Waals surface area contributed by atoms with Crippen molar-refractivity contribution in [3.63, 3.8) is 0 Å². The Hall–Kier alpha value is -2.09. The van der Waals surface area contributed by atoms with Gasteiger partial charge in [0.2, 0.25) is 0 Å². The van der Waals surface area contributed by atoms with E-state index in [1.807, 2.05) is 0 Å². The molecule has 0 aromatic heterocycles. The summed E-state index contributed by atoms with van der Waals surface area (Å²) >= 11 is 1.32. The molecule has 0 radical (unpaired) electrons. The minimum atomic E-state index is -4.48. The summed E-state index contributed by atoms with van der Waals surface area (Å²) in [7, 11) is 0. The fraction of sp³-hybridized carbons (Fsp3) is 0.235. The highest BCUT2D eigenvalue weighted by molar-refractivity contribution is 7.99. The molecule has 8 heteroatoms. The summed E-state index contributed by atoms with van der Waals surface area (Å²) in [4.78, 5) is 14.0. The van der Waals surface area contributed by atoms with Crippen molar-refractivity contribution in [2.24, 2.45) is 0 Å². The van der Waals surface area contributed by atoms with Gasteiger partial charge in [-0.25, -0.2) is 8.78 Å². The molecule has 0 saturated carbocycles. The maximum absolute atomic E-state index is 14.0. The summed E-state index contributed by atoms with van der Waals surface area (Å²) in [5.74, 6) is -1.42. The molecule has 1 saturated heterocycles. The number of hydrogen-bond donors (Lipinski definition) is 0. The van der Waals surface area contributed by atoms with Crippen LogP contribution in [-0.2, 0) is 6.18 Å². The van der Waals surface area contributed by atoms with E-state index in [2.05, 4.69) is 0 Å². The van der Waals surface area contributed by atoms with Crippen LogP contribution in [0.25, 0.3) is 0 Å². The number of halogens is 5. The standard InChI is InChI=1S/C17H12F5NOS/c18-12-5-6-13(14(19)9-12)16-23(7-8-25-16)15(24)10-1-3-11(4-2-10)17(20,21)22/h1-6,9,16H,7-8H2/t16-/m0/s1. The first kappa shape index (κ1) is 17.7. The highest BCUT2D eigenvalue weighted by Gasteiger charge is 2.34. The highest BCUT2D eigenvalue weighted by atomic mass is 32.2. The Bertz CT molecular complexity index is 791. The van der Waals surface area contributed by atoms with Crippen molar-refractivity contribution in [2.75, 3.05) is 12.3 Å². The van der Waals surface area contributed by atoms with Crippen molar-refractivity contribution in [2.45, 2.75) is 11.6 Å². The third kappa shape index (κ3) is 3.63. The Kier molecular flexibility index (Phi) is 4.73. The van der Waals surface area contributed by atoms with E-state index in [-0.39, 0.29) is 11.1 Å². The van der Waals surface area contributed by atoms with E-state index in [0.29, 0.717) is 12.3 Å². The Morgan fingerprint density at radius 2 is 1.76 bits per heavy atom. The monoisotopic (exact) mass is 373 g/mol. The molecule has 25 heavy (non-hydrogen) atoms. The summed E-state index contributed by atoms with van der Waals surface area (Å²) < 4.78 is 64.9.